The van der Waals surface area contributed by atoms with Gasteiger partial charge in [-0.3, -0.25) is 9.48 Å². The maximum absolute atomic E-state index is 12.3. The highest BCUT2D eigenvalue weighted by Gasteiger charge is 2.40. The Morgan fingerprint density at radius 2 is 2.12 bits per heavy atom. The lowest BCUT2D eigenvalue weighted by Gasteiger charge is -2.32. The first-order valence-corrected chi connectivity index (χ1v) is 8.62. The summed E-state index contributed by atoms with van der Waals surface area (Å²) in [5, 5.41) is 17.6. The Hall–Kier alpha value is -2.25. The highest BCUT2D eigenvalue weighted by molar-refractivity contribution is 5.77. The maximum atomic E-state index is 12.3. The van der Waals surface area contributed by atoms with Crippen LogP contribution in [0.3, 0.4) is 0 Å². The molecule has 1 heterocycles. The minimum atomic E-state index is -0.919. The van der Waals surface area contributed by atoms with Gasteiger partial charge in [-0.05, 0) is 44.4 Å². The maximum Gasteiger partial charge on any atom is 0.314 e. The van der Waals surface area contributed by atoms with Crippen LogP contribution in [0.2, 0.25) is 0 Å². The van der Waals surface area contributed by atoms with Gasteiger partial charge in [0.2, 0.25) is 0 Å². The van der Waals surface area contributed by atoms with Gasteiger partial charge in [-0.1, -0.05) is 23.4 Å². The summed E-state index contributed by atoms with van der Waals surface area (Å²) in [6, 6.07) is 5.69. The number of rotatable bonds is 8. The number of benzene rings is 1. The van der Waals surface area contributed by atoms with Crippen LogP contribution in [0, 0.1) is 12.3 Å². The second kappa shape index (κ2) is 8.42. The van der Waals surface area contributed by atoms with Gasteiger partial charge in [-0.15, -0.1) is 5.10 Å². The fraction of sp³-hybridized carbons (Fsp3) is 0.526. The zero-order valence-corrected chi connectivity index (χ0v) is 16.0. The summed E-state index contributed by atoms with van der Waals surface area (Å²) >= 11 is 0. The summed E-state index contributed by atoms with van der Waals surface area (Å²) in [7, 11) is 1.36. The highest BCUT2D eigenvalue weighted by Crippen LogP contribution is 2.39. The van der Waals surface area contributed by atoms with Crippen LogP contribution in [0.4, 0.5) is 0 Å². The molecule has 0 amide bonds. The summed E-state index contributed by atoms with van der Waals surface area (Å²) in [5.41, 5.74) is 2.35. The molecule has 0 saturated heterocycles. The topological polar surface area (TPSA) is 86.5 Å². The van der Waals surface area contributed by atoms with Crippen molar-refractivity contribution in [2.45, 2.75) is 53.6 Å². The molecular formula is C19H27N3O4. The van der Waals surface area contributed by atoms with Crippen molar-refractivity contribution in [2.75, 3.05) is 7.11 Å². The molecule has 0 aliphatic heterocycles. The number of aliphatic hydroxyl groups is 1. The fourth-order valence-corrected chi connectivity index (χ4v) is 2.84. The predicted octanol–water partition coefficient (Wildman–Crippen LogP) is 2.56. The van der Waals surface area contributed by atoms with Gasteiger partial charge in [0, 0.05) is 6.54 Å². The van der Waals surface area contributed by atoms with Crippen LogP contribution in [0.25, 0.3) is 0 Å². The van der Waals surface area contributed by atoms with E-state index < -0.39 is 11.5 Å². The molecule has 0 radical (unpaired) electrons. The number of esters is 1. The largest absolute Gasteiger partial charge is 0.469 e. The van der Waals surface area contributed by atoms with Gasteiger partial charge in [0.1, 0.15) is 5.69 Å². The molecule has 0 saturated carbocycles. The van der Waals surface area contributed by atoms with Crippen molar-refractivity contribution in [3.63, 3.8) is 0 Å². The number of carbonyl (C=O) groups excluding carboxylic acids is 1. The monoisotopic (exact) mass is 361 g/mol. The average Bonchev–Trinajstić information content (AvgIpc) is 3.10. The standard InChI is InChI=1S/C19H27N3O4/c1-6-22-10-16(20-21-22)12-26-17(19(3,4)18(24)25-5)14-8-7-13(2)15(9-14)11-23/h7-10,17,23H,6,11-12H2,1-5H3. The van der Waals surface area contributed by atoms with Gasteiger partial charge >= 0.3 is 5.97 Å². The number of hydrogen-bond donors (Lipinski definition) is 1. The first-order chi connectivity index (χ1) is 12.3. The number of carbonyl (C=O) groups is 1. The van der Waals surface area contributed by atoms with E-state index >= 15 is 0 Å². The van der Waals surface area contributed by atoms with Crippen LogP contribution in [-0.2, 0) is 34.0 Å². The first kappa shape index (κ1) is 20.1. The number of ether oxygens (including phenoxy) is 2. The summed E-state index contributed by atoms with van der Waals surface area (Å²) < 4.78 is 12.8. The highest BCUT2D eigenvalue weighted by atomic mass is 16.5. The van der Waals surface area contributed by atoms with Gasteiger partial charge in [0.15, 0.2) is 0 Å². The summed E-state index contributed by atoms with van der Waals surface area (Å²) in [5.74, 6) is -0.370. The van der Waals surface area contributed by atoms with Gasteiger partial charge in [0.25, 0.3) is 0 Å². The molecule has 0 spiro atoms. The molecule has 0 bridgehead atoms. The van der Waals surface area contributed by atoms with Gasteiger partial charge in [-0.2, -0.15) is 0 Å². The van der Waals surface area contributed by atoms with E-state index in [0.29, 0.717) is 5.69 Å². The minimum absolute atomic E-state index is 0.0735. The number of nitrogens with zero attached hydrogens (tertiary/aromatic N) is 3. The number of aliphatic hydroxyl groups excluding tert-OH is 1. The molecule has 0 aliphatic rings. The van der Waals surface area contributed by atoms with E-state index in [1.807, 2.05) is 38.2 Å². The predicted molar refractivity (Wildman–Crippen MR) is 96.1 cm³/mol. The van der Waals surface area contributed by atoms with Crippen molar-refractivity contribution in [2.24, 2.45) is 5.41 Å². The summed E-state index contributed by atoms with van der Waals surface area (Å²) in [4.78, 5) is 12.3. The van der Waals surface area contributed by atoms with Gasteiger partial charge < -0.3 is 14.6 Å². The van der Waals surface area contributed by atoms with E-state index in [1.54, 1.807) is 18.5 Å². The third kappa shape index (κ3) is 4.28. The van der Waals surface area contributed by atoms with E-state index in [1.165, 1.54) is 7.11 Å². The second-order valence-electron chi connectivity index (χ2n) is 6.81. The van der Waals surface area contributed by atoms with Crippen molar-refractivity contribution >= 4 is 5.97 Å². The van der Waals surface area contributed by atoms with Gasteiger partial charge in [0.05, 0.1) is 38.0 Å². The Bertz CT molecular complexity index is 755. The molecule has 2 aromatic rings. The molecule has 7 nitrogen and oxygen atoms in total. The van der Waals surface area contributed by atoms with Crippen LogP contribution in [0.15, 0.2) is 24.4 Å². The number of aryl methyl sites for hydroxylation is 2. The zero-order valence-electron chi connectivity index (χ0n) is 16.0. The van der Waals surface area contributed by atoms with E-state index in [0.717, 1.165) is 23.2 Å². The van der Waals surface area contributed by atoms with E-state index in [9.17, 15) is 9.90 Å². The van der Waals surface area contributed by atoms with Crippen LogP contribution in [0.1, 0.15) is 49.3 Å². The Labute approximate surface area is 153 Å². The molecule has 0 fully saturated rings. The van der Waals surface area contributed by atoms with Crippen molar-refractivity contribution in [3.8, 4) is 0 Å². The quantitative estimate of drug-likeness (QED) is 0.727. The molecule has 1 aromatic carbocycles. The average molecular weight is 361 g/mol. The summed E-state index contributed by atoms with van der Waals surface area (Å²) in [6.45, 7) is 8.34. The number of aromatic nitrogens is 3. The molecular weight excluding hydrogens is 334 g/mol. The fourth-order valence-electron chi connectivity index (χ4n) is 2.84. The van der Waals surface area contributed by atoms with Gasteiger partial charge in [-0.25, -0.2) is 0 Å². The molecule has 26 heavy (non-hydrogen) atoms. The molecule has 2 rings (SSSR count). The SMILES string of the molecule is CCn1cc(COC(c2ccc(C)c(CO)c2)C(C)(C)C(=O)OC)nn1. The normalized spacial score (nSPS) is 12.8. The Morgan fingerprint density at radius 3 is 2.69 bits per heavy atom. The molecule has 1 aromatic heterocycles. The van der Waals surface area contributed by atoms with Crippen LogP contribution in [-0.4, -0.2) is 33.2 Å². The smallest absolute Gasteiger partial charge is 0.314 e. The number of methoxy groups -OCH3 is 1. The van der Waals surface area contributed by atoms with Crippen molar-refractivity contribution < 1.29 is 19.4 Å². The van der Waals surface area contributed by atoms with Crippen molar-refractivity contribution in [3.05, 3.63) is 46.8 Å². The number of hydrogen-bond acceptors (Lipinski definition) is 6. The molecule has 1 N–H and O–H groups in total. The third-order valence-electron chi connectivity index (χ3n) is 4.52. The Morgan fingerprint density at radius 1 is 1.38 bits per heavy atom. The molecule has 1 unspecified atom stereocenters. The minimum Gasteiger partial charge on any atom is -0.469 e. The molecule has 1 atom stereocenters. The lowest BCUT2D eigenvalue weighted by atomic mass is 9.81. The van der Waals surface area contributed by atoms with Crippen molar-refractivity contribution in [1.29, 1.82) is 0 Å². The molecule has 142 valence electrons. The second-order valence-corrected chi connectivity index (χ2v) is 6.81. The molecule has 0 aliphatic carbocycles. The van der Waals surface area contributed by atoms with Crippen LogP contribution < -0.4 is 0 Å². The zero-order chi connectivity index (χ0) is 19.3. The van der Waals surface area contributed by atoms with Crippen LogP contribution >= 0.6 is 0 Å². The van der Waals surface area contributed by atoms with Crippen molar-refractivity contribution in [1.82, 2.24) is 15.0 Å². The van der Waals surface area contributed by atoms with E-state index in [4.69, 9.17) is 9.47 Å². The van der Waals surface area contributed by atoms with E-state index in [2.05, 4.69) is 10.3 Å². The Kier molecular flexibility index (Phi) is 6.50. The summed E-state index contributed by atoms with van der Waals surface area (Å²) in [6.07, 6.45) is 1.25. The first-order valence-electron chi connectivity index (χ1n) is 8.62. The lowest BCUT2D eigenvalue weighted by molar-refractivity contribution is -0.162. The molecule has 7 heteroatoms. The third-order valence-corrected chi connectivity index (χ3v) is 4.52. The van der Waals surface area contributed by atoms with E-state index in [-0.39, 0.29) is 19.2 Å². The lowest BCUT2D eigenvalue weighted by Crippen LogP contribution is -2.34. The Balaban J connectivity index is 2.33. The van der Waals surface area contributed by atoms with Crippen LogP contribution in [0.5, 0.6) is 0 Å².